The van der Waals surface area contributed by atoms with Gasteiger partial charge in [-0.1, -0.05) is 23.9 Å². The predicted octanol–water partition coefficient (Wildman–Crippen LogP) is 3.81. The van der Waals surface area contributed by atoms with E-state index in [0.717, 1.165) is 10.6 Å². The lowest BCUT2D eigenvalue weighted by Crippen LogP contribution is -2.23. The van der Waals surface area contributed by atoms with Crippen LogP contribution in [0.2, 0.25) is 0 Å². The van der Waals surface area contributed by atoms with Crippen molar-refractivity contribution in [3.05, 3.63) is 46.5 Å². The van der Waals surface area contributed by atoms with Gasteiger partial charge < -0.3 is 15.2 Å². The molecule has 164 valence electrons. The summed E-state index contributed by atoms with van der Waals surface area (Å²) in [6.07, 6.45) is -0.0615. The van der Waals surface area contributed by atoms with Crippen LogP contribution >= 0.6 is 23.1 Å². The van der Waals surface area contributed by atoms with Crippen LogP contribution in [-0.2, 0) is 22.6 Å². The molecule has 2 heterocycles. The number of aryl methyl sites for hydroxylation is 2. The molecule has 0 saturated carbocycles. The molecule has 1 atom stereocenters. The van der Waals surface area contributed by atoms with Gasteiger partial charge in [0.15, 0.2) is 10.3 Å². The van der Waals surface area contributed by atoms with Gasteiger partial charge in [-0.25, -0.2) is 9.37 Å². The maximum atomic E-state index is 13.7. The van der Waals surface area contributed by atoms with Crippen molar-refractivity contribution >= 4 is 45.7 Å². The first kappa shape index (κ1) is 22.9. The monoisotopic (exact) mass is 462 g/mol. The van der Waals surface area contributed by atoms with Crippen molar-refractivity contribution in [2.24, 2.45) is 0 Å². The second-order valence-corrected chi connectivity index (χ2v) is 9.27. The van der Waals surface area contributed by atoms with Gasteiger partial charge >= 0.3 is 0 Å². The van der Waals surface area contributed by atoms with Crippen molar-refractivity contribution in [1.29, 1.82) is 0 Å². The van der Waals surface area contributed by atoms with Crippen LogP contribution in [0.1, 0.15) is 30.2 Å². The Labute approximate surface area is 187 Å². The molecular formula is C20H23FN6O2S2. The van der Waals surface area contributed by atoms with E-state index in [9.17, 15) is 14.0 Å². The number of anilines is 2. The molecular weight excluding hydrogens is 439 g/mol. The molecule has 0 aliphatic heterocycles. The number of amides is 2. The maximum Gasteiger partial charge on any atom is 0.239 e. The number of thiazole rings is 1. The molecule has 3 aromatic rings. The van der Waals surface area contributed by atoms with Crippen molar-refractivity contribution in [2.75, 3.05) is 10.6 Å². The topological polar surface area (TPSA) is 102 Å². The second kappa shape index (κ2) is 10.0. The summed E-state index contributed by atoms with van der Waals surface area (Å²) in [4.78, 5) is 30.3. The third-order valence-electron chi connectivity index (χ3n) is 4.49. The van der Waals surface area contributed by atoms with Gasteiger partial charge in [0.25, 0.3) is 0 Å². The third kappa shape index (κ3) is 5.67. The van der Waals surface area contributed by atoms with E-state index < -0.39 is 17.0 Å². The Morgan fingerprint density at radius 1 is 1.23 bits per heavy atom. The molecule has 8 nitrogen and oxygen atoms in total. The third-order valence-corrected chi connectivity index (χ3v) is 6.56. The summed E-state index contributed by atoms with van der Waals surface area (Å²) < 4.78 is 15.5. The highest BCUT2D eigenvalue weighted by Gasteiger charge is 2.22. The quantitative estimate of drug-likeness (QED) is 0.494. The summed E-state index contributed by atoms with van der Waals surface area (Å²) in [6.45, 7) is 8.04. The predicted molar refractivity (Wildman–Crippen MR) is 120 cm³/mol. The molecule has 1 aromatic carbocycles. The first-order valence-electron chi connectivity index (χ1n) is 9.66. The number of para-hydroxylation sites is 1. The molecule has 1 unspecified atom stereocenters. The summed E-state index contributed by atoms with van der Waals surface area (Å²) in [6, 6.07) is 5.96. The molecule has 2 aromatic heterocycles. The fourth-order valence-corrected chi connectivity index (χ4v) is 4.45. The molecule has 0 aliphatic carbocycles. The van der Waals surface area contributed by atoms with Crippen LogP contribution in [0, 0.1) is 19.7 Å². The lowest BCUT2D eigenvalue weighted by molar-refractivity contribution is -0.116. The molecule has 0 saturated heterocycles. The van der Waals surface area contributed by atoms with Gasteiger partial charge in [-0.05, 0) is 39.8 Å². The average Bonchev–Trinajstić information content (AvgIpc) is 3.25. The number of carbonyl (C=O) groups is 2. The lowest BCUT2D eigenvalue weighted by Gasteiger charge is -2.12. The highest BCUT2D eigenvalue weighted by atomic mass is 32.2. The number of benzene rings is 1. The fraction of sp³-hybridized carbons (Fsp3) is 0.350. The number of halogens is 1. The van der Waals surface area contributed by atoms with E-state index in [1.54, 1.807) is 23.6 Å². The smallest absolute Gasteiger partial charge is 0.239 e. The zero-order chi connectivity index (χ0) is 22.5. The zero-order valence-corrected chi connectivity index (χ0v) is 19.2. The largest absolute Gasteiger partial charge is 0.323 e. The first-order chi connectivity index (χ1) is 14.8. The number of aromatic nitrogens is 4. The van der Waals surface area contributed by atoms with E-state index in [2.05, 4.69) is 25.8 Å². The Balaban J connectivity index is 1.64. The second-order valence-electron chi connectivity index (χ2n) is 6.76. The fourth-order valence-electron chi connectivity index (χ4n) is 2.70. The standard InChI is InChI=1S/C20H23FN6O2S2/c1-5-27-16(10-17(28)23-15-9-7-6-8-14(15)21)25-26-20(27)31-13(4)18(29)24-19-22-11(2)12(3)30-19/h6-9,13H,5,10H2,1-4H3,(H,23,28)(H,22,24,29). The van der Waals surface area contributed by atoms with Crippen LogP contribution in [-0.4, -0.2) is 36.8 Å². The van der Waals surface area contributed by atoms with Crippen molar-refractivity contribution in [2.45, 2.75) is 51.1 Å². The minimum atomic E-state index is -0.505. The first-order valence-corrected chi connectivity index (χ1v) is 11.4. The molecule has 2 amide bonds. The van der Waals surface area contributed by atoms with Crippen molar-refractivity contribution < 1.29 is 14.0 Å². The van der Waals surface area contributed by atoms with Gasteiger partial charge in [0, 0.05) is 11.4 Å². The number of rotatable bonds is 8. The van der Waals surface area contributed by atoms with E-state index in [0.29, 0.717) is 22.7 Å². The van der Waals surface area contributed by atoms with Gasteiger partial charge in [0.05, 0.1) is 23.1 Å². The minimum absolute atomic E-state index is 0.0615. The molecule has 0 radical (unpaired) electrons. The molecule has 31 heavy (non-hydrogen) atoms. The number of nitrogens with zero attached hydrogens (tertiary/aromatic N) is 4. The summed E-state index contributed by atoms with van der Waals surface area (Å²) in [5, 5.41) is 14.3. The SMILES string of the molecule is CCn1c(CC(=O)Nc2ccccc2F)nnc1SC(C)C(=O)Nc1nc(C)c(C)s1. The molecule has 0 fully saturated rings. The molecule has 3 rings (SSSR count). The summed E-state index contributed by atoms with van der Waals surface area (Å²) in [5.41, 5.74) is 1.01. The normalized spacial score (nSPS) is 11.9. The van der Waals surface area contributed by atoms with Crippen molar-refractivity contribution in [3.8, 4) is 0 Å². The van der Waals surface area contributed by atoms with E-state index in [1.165, 1.54) is 35.2 Å². The van der Waals surface area contributed by atoms with Gasteiger partial charge in [0.2, 0.25) is 11.8 Å². The van der Waals surface area contributed by atoms with Crippen LogP contribution in [0.15, 0.2) is 29.4 Å². The van der Waals surface area contributed by atoms with Crippen LogP contribution in [0.3, 0.4) is 0 Å². The van der Waals surface area contributed by atoms with E-state index >= 15 is 0 Å². The van der Waals surface area contributed by atoms with Gasteiger partial charge in [-0.3, -0.25) is 9.59 Å². The summed E-state index contributed by atoms with van der Waals surface area (Å²) in [7, 11) is 0. The number of carbonyl (C=O) groups excluding carboxylic acids is 2. The van der Waals surface area contributed by atoms with Gasteiger partial charge in [-0.15, -0.1) is 21.5 Å². The number of hydrogen-bond donors (Lipinski definition) is 2. The molecule has 0 spiro atoms. The molecule has 0 bridgehead atoms. The Hall–Kier alpha value is -2.79. The van der Waals surface area contributed by atoms with E-state index in [1.807, 2.05) is 20.8 Å². The Morgan fingerprint density at radius 2 is 1.97 bits per heavy atom. The van der Waals surface area contributed by atoms with Gasteiger partial charge in [0.1, 0.15) is 11.6 Å². The van der Waals surface area contributed by atoms with E-state index in [-0.39, 0.29) is 18.0 Å². The highest BCUT2D eigenvalue weighted by Crippen LogP contribution is 2.26. The van der Waals surface area contributed by atoms with Crippen molar-refractivity contribution in [1.82, 2.24) is 19.7 Å². The number of hydrogen-bond acceptors (Lipinski definition) is 7. The molecule has 0 aliphatic rings. The molecule has 11 heteroatoms. The lowest BCUT2D eigenvalue weighted by atomic mass is 10.3. The Morgan fingerprint density at radius 3 is 2.61 bits per heavy atom. The van der Waals surface area contributed by atoms with Crippen molar-refractivity contribution in [3.63, 3.8) is 0 Å². The maximum absolute atomic E-state index is 13.7. The van der Waals surface area contributed by atoms with E-state index in [4.69, 9.17) is 0 Å². The Bertz CT molecular complexity index is 1080. The van der Waals surface area contributed by atoms with Crippen LogP contribution < -0.4 is 10.6 Å². The zero-order valence-electron chi connectivity index (χ0n) is 17.6. The van der Waals surface area contributed by atoms with Crippen LogP contribution in [0.4, 0.5) is 15.2 Å². The Kier molecular flexibility index (Phi) is 7.39. The van der Waals surface area contributed by atoms with Crippen LogP contribution in [0.25, 0.3) is 0 Å². The number of thioether (sulfide) groups is 1. The average molecular weight is 463 g/mol. The minimum Gasteiger partial charge on any atom is -0.323 e. The van der Waals surface area contributed by atoms with Gasteiger partial charge in [-0.2, -0.15) is 0 Å². The molecule has 2 N–H and O–H groups in total. The summed E-state index contributed by atoms with van der Waals surface area (Å²) in [5.74, 6) is -0.653. The number of nitrogens with one attached hydrogen (secondary N) is 2. The summed E-state index contributed by atoms with van der Waals surface area (Å²) >= 11 is 2.68. The highest BCUT2D eigenvalue weighted by molar-refractivity contribution is 8.00. The van der Waals surface area contributed by atoms with Crippen LogP contribution in [0.5, 0.6) is 0 Å².